The summed E-state index contributed by atoms with van der Waals surface area (Å²) in [5.41, 5.74) is -0.389. The van der Waals surface area contributed by atoms with Crippen LogP contribution in [-0.4, -0.2) is 76.0 Å². The fraction of sp³-hybridized carbons (Fsp3) is 0.591. The maximum atomic E-state index is 14.1. The lowest BCUT2D eigenvalue weighted by Gasteiger charge is -2.50. The van der Waals surface area contributed by atoms with Crippen molar-refractivity contribution >= 4 is 51.4 Å². The lowest BCUT2D eigenvalue weighted by molar-refractivity contribution is -0.0891. The van der Waals surface area contributed by atoms with E-state index in [4.69, 9.17) is 23.2 Å². The van der Waals surface area contributed by atoms with Gasteiger partial charge in [-0.1, -0.05) is 34.5 Å². The average Bonchev–Trinajstić information content (AvgIpc) is 3.26. The monoisotopic (exact) mass is 585 g/mol. The molecular formula is C22H28Cl3F2N5O3S. The van der Waals surface area contributed by atoms with Crippen LogP contribution in [0, 0.1) is 0 Å². The standard InChI is InChI=1S/C22H27Cl2F2N5O3S.ClH/c1-29-15-19(27-28-29)35(33,34)31-13-11-30(12-14-31)21(7-9-22(25,26)10-8-21)6-5-18(32)20-16(23)3-2-4-17(20)24;/h2-4,15H,5-14H2,1H3;1H. The molecule has 1 aliphatic carbocycles. The molecule has 2 aliphatic rings. The highest BCUT2D eigenvalue weighted by Crippen LogP contribution is 2.45. The fourth-order valence-electron chi connectivity index (χ4n) is 5.02. The molecule has 1 saturated heterocycles. The zero-order valence-electron chi connectivity index (χ0n) is 19.7. The van der Waals surface area contributed by atoms with Gasteiger partial charge in [-0.05, 0) is 31.4 Å². The SMILES string of the molecule is Cl.Cn1cc(S(=O)(=O)N2CCN(C3(CCC(=O)c4c(Cl)cccc4Cl)CCC(F)(F)CC3)CC2)nn1. The minimum atomic E-state index is -3.80. The first-order chi connectivity index (χ1) is 16.4. The van der Waals surface area contributed by atoms with Crippen molar-refractivity contribution in [3.8, 4) is 0 Å². The lowest BCUT2D eigenvalue weighted by atomic mass is 9.74. The highest BCUT2D eigenvalue weighted by Gasteiger charge is 2.47. The Hall–Kier alpha value is -1.37. The van der Waals surface area contributed by atoms with Gasteiger partial charge in [0.05, 0.1) is 21.8 Å². The number of hydrogen-bond acceptors (Lipinski definition) is 6. The van der Waals surface area contributed by atoms with Crippen LogP contribution in [0.5, 0.6) is 0 Å². The predicted octanol–water partition coefficient (Wildman–Crippen LogP) is 4.46. The molecule has 1 aliphatic heterocycles. The number of ketones is 1. The van der Waals surface area contributed by atoms with E-state index in [0.29, 0.717) is 19.5 Å². The number of halogens is 5. The van der Waals surface area contributed by atoms with Crippen molar-refractivity contribution in [1.29, 1.82) is 0 Å². The van der Waals surface area contributed by atoms with E-state index in [-0.39, 0.29) is 84.0 Å². The Bertz CT molecular complexity index is 1170. The van der Waals surface area contributed by atoms with Gasteiger partial charge in [-0.25, -0.2) is 17.2 Å². The summed E-state index contributed by atoms with van der Waals surface area (Å²) in [5, 5.41) is 7.81. The first-order valence-electron chi connectivity index (χ1n) is 11.4. The smallest absolute Gasteiger partial charge is 0.264 e. The first-order valence-corrected chi connectivity index (χ1v) is 13.6. The minimum Gasteiger partial charge on any atom is -0.295 e. The Labute approximate surface area is 225 Å². The summed E-state index contributed by atoms with van der Waals surface area (Å²) in [6.07, 6.45) is 1.71. The molecule has 1 aromatic carbocycles. The van der Waals surface area contributed by atoms with Crippen molar-refractivity contribution < 1.29 is 22.0 Å². The molecule has 0 atom stereocenters. The van der Waals surface area contributed by atoms with Crippen LogP contribution in [0.25, 0.3) is 0 Å². The molecule has 1 saturated carbocycles. The van der Waals surface area contributed by atoms with Gasteiger partial charge >= 0.3 is 0 Å². The largest absolute Gasteiger partial charge is 0.295 e. The topological polar surface area (TPSA) is 88.4 Å². The third-order valence-electron chi connectivity index (χ3n) is 7.07. The van der Waals surface area contributed by atoms with E-state index in [1.54, 1.807) is 25.2 Å². The quantitative estimate of drug-likeness (QED) is 0.445. The Kier molecular flexibility index (Phi) is 9.05. The van der Waals surface area contributed by atoms with Crippen LogP contribution in [0.3, 0.4) is 0 Å². The predicted molar refractivity (Wildman–Crippen MR) is 135 cm³/mol. The number of aryl methyl sites for hydroxylation is 1. The molecule has 14 heteroatoms. The molecule has 2 heterocycles. The van der Waals surface area contributed by atoms with Crippen LogP contribution in [0.2, 0.25) is 10.0 Å². The van der Waals surface area contributed by atoms with Crippen LogP contribution in [-0.2, 0) is 17.1 Å². The Balaban J connectivity index is 0.00000361. The molecule has 4 rings (SSSR count). The van der Waals surface area contributed by atoms with Crippen molar-refractivity contribution in [2.45, 2.75) is 55.0 Å². The second-order valence-corrected chi connectivity index (χ2v) is 11.9. The van der Waals surface area contributed by atoms with Gasteiger partial charge in [0, 0.05) is 58.0 Å². The van der Waals surface area contributed by atoms with Crippen molar-refractivity contribution in [2.75, 3.05) is 26.2 Å². The van der Waals surface area contributed by atoms with Crippen LogP contribution >= 0.6 is 35.6 Å². The molecule has 2 aromatic rings. The normalized spacial score (nSPS) is 20.6. The summed E-state index contributed by atoms with van der Waals surface area (Å²) in [4.78, 5) is 15.1. The number of carbonyl (C=O) groups excluding carboxylic acids is 1. The number of carbonyl (C=O) groups is 1. The number of piperazine rings is 1. The van der Waals surface area contributed by atoms with E-state index in [0.717, 1.165) is 0 Å². The molecule has 8 nitrogen and oxygen atoms in total. The molecule has 0 amide bonds. The fourth-order valence-corrected chi connectivity index (χ4v) is 6.96. The zero-order valence-corrected chi connectivity index (χ0v) is 22.8. The van der Waals surface area contributed by atoms with Gasteiger partial charge in [-0.3, -0.25) is 14.4 Å². The summed E-state index contributed by atoms with van der Waals surface area (Å²) in [6, 6.07) is 4.84. The van der Waals surface area contributed by atoms with Crippen LogP contribution in [0.4, 0.5) is 8.78 Å². The summed E-state index contributed by atoms with van der Waals surface area (Å²) in [6.45, 7) is 1.13. The molecule has 0 bridgehead atoms. The molecule has 0 N–H and O–H groups in total. The van der Waals surface area contributed by atoms with Gasteiger partial charge in [0.15, 0.2) is 5.78 Å². The van der Waals surface area contributed by atoms with Gasteiger partial charge < -0.3 is 0 Å². The second-order valence-electron chi connectivity index (χ2n) is 9.22. The van der Waals surface area contributed by atoms with E-state index >= 15 is 0 Å². The molecule has 36 heavy (non-hydrogen) atoms. The Morgan fingerprint density at radius 3 is 2.17 bits per heavy atom. The summed E-state index contributed by atoms with van der Waals surface area (Å²) < 4.78 is 56.6. The lowest BCUT2D eigenvalue weighted by Crippen LogP contribution is -2.59. The second kappa shape index (κ2) is 11.2. The average molecular weight is 587 g/mol. The highest BCUT2D eigenvalue weighted by atomic mass is 35.5. The van der Waals surface area contributed by atoms with E-state index in [9.17, 15) is 22.0 Å². The number of Topliss-reactive ketones (excluding diaryl/α,β-unsaturated/α-hetero) is 1. The van der Waals surface area contributed by atoms with Crippen LogP contribution < -0.4 is 0 Å². The van der Waals surface area contributed by atoms with Crippen molar-refractivity contribution in [3.05, 3.63) is 40.0 Å². The third kappa shape index (κ3) is 6.02. The third-order valence-corrected chi connectivity index (χ3v) is 9.46. The number of sulfonamides is 1. The van der Waals surface area contributed by atoms with E-state index < -0.39 is 21.5 Å². The van der Waals surface area contributed by atoms with Crippen molar-refractivity contribution in [3.63, 3.8) is 0 Å². The molecular weight excluding hydrogens is 559 g/mol. The van der Waals surface area contributed by atoms with Crippen molar-refractivity contribution in [1.82, 2.24) is 24.2 Å². The van der Waals surface area contributed by atoms with Gasteiger partial charge in [0.25, 0.3) is 10.0 Å². The number of aromatic nitrogens is 3. The maximum absolute atomic E-state index is 14.1. The molecule has 0 unspecified atom stereocenters. The number of alkyl halides is 2. The number of benzene rings is 1. The minimum absolute atomic E-state index is 0. The summed E-state index contributed by atoms with van der Waals surface area (Å²) in [7, 11) is -2.21. The number of hydrogen-bond donors (Lipinski definition) is 0. The Morgan fingerprint density at radius 1 is 1.06 bits per heavy atom. The van der Waals surface area contributed by atoms with Gasteiger partial charge in [0.2, 0.25) is 10.9 Å². The molecule has 200 valence electrons. The number of nitrogens with zero attached hydrogens (tertiary/aromatic N) is 5. The molecule has 0 radical (unpaired) electrons. The van der Waals surface area contributed by atoms with Gasteiger partial charge in [0.1, 0.15) is 0 Å². The van der Waals surface area contributed by atoms with Crippen LogP contribution in [0.1, 0.15) is 48.9 Å². The summed E-state index contributed by atoms with van der Waals surface area (Å²) >= 11 is 12.4. The van der Waals surface area contributed by atoms with E-state index in [1.807, 2.05) is 0 Å². The van der Waals surface area contributed by atoms with Gasteiger partial charge in [-0.15, -0.1) is 17.5 Å². The van der Waals surface area contributed by atoms with Crippen LogP contribution in [0.15, 0.2) is 29.4 Å². The molecule has 0 spiro atoms. The Morgan fingerprint density at radius 2 is 1.64 bits per heavy atom. The molecule has 1 aromatic heterocycles. The summed E-state index contributed by atoms with van der Waals surface area (Å²) in [5.74, 6) is -2.97. The van der Waals surface area contributed by atoms with E-state index in [2.05, 4.69) is 15.2 Å². The van der Waals surface area contributed by atoms with E-state index in [1.165, 1.54) is 15.2 Å². The first kappa shape index (κ1) is 29.2. The molecule has 2 fully saturated rings. The maximum Gasteiger partial charge on any atom is 0.264 e. The number of rotatable bonds is 7. The zero-order chi connectivity index (χ0) is 25.4. The van der Waals surface area contributed by atoms with Gasteiger partial charge in [-0.2, -0.15) is 4.31 Å². The highest BCUT2D eigenvalue weighted by molar-refractivity contribution is 7.89. The van der Waals surface area contributed by atoms with Crippen molar-refractivity contribution in [2.24, 2.45) is 7.05 Å².